The highest BCUT2D eigenvalue weighted by molar-refractivity contribution is 7.13. The van der Waals surface area contributed by atoms with E-state index in [1.165, 1.54) is 11.3 Å². The van der Waals surface area contributed by atoms with E-state index in [2.05, 4.69) is 17.1 Å². The SMILES string of the molecule is CCCCCON=C(C([NH])=O)c1csc(N)n1. The first-order valence-corrected chi connectivity index (χ1v) is 6.20. The summed E-state index contributed by atoms with van der Waals surface area (Å²) in [6.45, 7) is 2.52. The summed E-state index contributed by atoms with van der Waals surface area (Å²) in [5, 5.41) is 5.56. The molecular formula is C10H15N4O2S. The highest BCUT2D eigenvalue weighted by Crippen LogP contribution is 2.12. The van der Waals surface area contributed by atoms with Gasteiger partial charge in [0, 0.05) is 5.38 Å². The minimum atomic E-state index is -0.925. The van der Waals surface area contributed by atoms with Crippen LogP contribution in [0.5, 0.6) is 0 Å². The maximum atomic E-state index is 11.1. The van der Waals surface area contributed by atoms with Crippen molar-refractivity contribution in [2.45, 2.75) is 26.2 Å². The van der Waals surface area contributed by atoms with E-state index in [0.29, 0.717) is 17.4 Å². The second kappa shape index (κ2) is 6.85. The summed E-state index contributed by atoms with van der Waals surface area (Å²) in [6, 6.07) is 0. The van der Waals surface area contributed by atoms with Crippen molar-refractivity contribution in [3.05, 3.63) is 11.1 Å². The fourth-order valence-corrected chi connectivity index (χ4v) is 1.68. The number of oxime groups is 1. The molecule has 0 saturated heterocycles. The van der Waals surface area contributed by atoms with Crippen molar-refractivity contribution < 1.29 is 9.63 Å². The van der Waals surface area contributed by atoms with E-state index in [1.54, 1.807) is 5.38 Å². The first-order chi connectivity index (χ1) is 8.15. The van der Waals surface area contributed by atoms with Gasteiger partial charge in [-0.3, -0.25) is 10.5 Å². The fourth-order valence-electron chi connectivity index (χ4n) is 1.13. The predicted octanol–water partition coefficient (Wildman–Crippen LogP) is 1.45. The van der Waals surface area contributed by atoms with Crippen LogP contribution in [0.25, 0.3) is 0 Å². The maximum absolute atomic E-state index is 11.1. The van der Waals surface area contributed by atoms with Gasteiger partial charge < -0.3 is 10.6 Å². The van der Waals surface area contributed by atoms with E-state index in [4.69, 9.17) is 16.3 Å². The largest absolute Gasteiger partial charge is 0.395 e. The Kier molecular flexibility index (Phi) is 5.41. The highest BCUT2D eigenvalue weighted by Gasteiger charge is 2.15. The Morgan fingerprint density at radius 1 is 1.65 bits per heavy atom. The summed E-state index contributed by atoms with van der Waals surface area (Å²) >= 11 is 1.19. The first kappa shape index (κ1) is 13.4. The molecule has 93 valence electrons. The van der Waals surface area contributed by atoms with Crippen LogP contribution in [0.15, 0.2) is 10.5 Å². The summed E-state index contributed by atoms with van der Waals surface area (Å²) in [6.07, 6.45) is 3.00. The van der Waals surface area contributed by atoms with Gasteiger partial charge in [0.2, 0.25) is 0 Å². The highest BCUT2D eigenvalue weighted by atomic mass is 32.1. The summed E-state index contributed by atoms with van der Waals surface area (Å²) in [7, 11) is 0. The van der Waals surface area contributed by atoms with E-state index in [9.17, 15) is 4.79 Å². The number of thiazole rings is 1. The number of amides is 1. The minimum absolute atomic E-state index is 0.102. The Bertz CT molecular complexity index is 403. The minimum Gasteiger partial charge on any atom is -0.395 e. The number of hydrogen-bond donors (Lipinski definition) is 1. The molecule has 1 aromatic rings. The zero-order valence-corrected chi connectivity index (χ0v) is 10.4. The summed E-state index contributed by atoms with van der Waals surface area (Å²) in [4.78, 5) is 19.9. The molecule has 1 heterocycles. The van der Waals surface area contributed by atoms with Crippen LogP contribution < -0.4 is 11.5 Å². The molecule has 0 atom stereocenters. The number of unbranched alkanes of at least 4 members (excludes halogenated alkanes) is 2. The van der Waals surface area contributed by atoms with Crippen LogP contribution >= 0.6 is 11.3 Å². The lowest BCUT2D eigenvalue weighted by Crippen LogP contribution is -2.17. The van der Waals surface area contributed by atoms with Crippen molar-refractivity contribution in [1.29, 1.82) is 0 Å². The average molecular weight is 255 g/mol. The molecule has 17 heavy (non-hydrogen) atoms. The van der Waals surface area contributed by atoms with E-state index < -0.39 is 5.91 Å². The van der Waals surface area contributed by atoms with Gasteiger partial charge in [-0.2, -0.15) is 0 Å². The number of carbonyl (C=O) groups excluding carboxylic acids is 1. The summed E-state index contributed by atoms with van der Waals surface area (Å²) in [5.41, 5.74) is 12.7. The second-order valence-corrected chi connectivity index (χ2v) is 4.27. The zero-order valence-electron chi connectivity index (χ0n) is 9.60. The van der Waals surface area contributed by atoms with Gasteiger partial charge in [0.1, 0.15) is 12.3 Å². The van der Waals surface area contributed by atoms with Gasteiger partial charge in [0.25, 0.3) is 5.91 Å². The average Bonchev–Trinajstić information content (AvgIpc) is 2.69. The molecule has 0 fully saturated rings. The molecule has 1 amide bonds. The number of nitrogens with one attached hydrogen (secondary N) is 1. The van der Waals surface area contributed by atoms with Gasteiger partial charge in [-0.1, -0.05) is 24.9 Å². The van der Waals surface area contributed by atoms with E-state index in [0.717, 1.165) is 19.3 Å². The molecule has 3 N–H and O–H groups in total. The van der Waals surface area contributed by atoms with Crippen LogP contribution in [0.4, 0.5) is 5.13 Å². The Balaban J connectivity index is 2.60. The van der Waals surface area contributed by atoms with E-state index in [-0.39, 0.29) is 5.71 Å². The maximum Gasteiger partial charge on any atom is 0.294 e. The van der Waals surface area contributed by atoms with Crippen molar-refractivity contribution in [3.63, 3.8) is 0 Å². The van der Waals surface area contributed by atoms with Crippen LogP contribution in [0.1, 0.15) is 31.9 Å². The standard InChI is InChI=1S/C10H15N4O2S/c1-2-3-4-5-16-14-8(9(11)15)7-6-17-10(12)13-7/h6,11H,2-5H2,1H3,(H2,12,13). The Labute approximate surface area is 104 Å². The quantitative estimate of drug-likeness (QED) is 0.452. The third-order valence-corrected chi connectivity index (χ3v) is 2.65. The predicted molar refractivity (Wildman–Crippen MR) is 66.6 cm³/mol. The molecule has 0 unspecified atom stereocenters. The number of aromatic nitrogens is 1. The van der Waals surface area contributed by atoms with Crippen molar-refractivity contribution in [1.82, 2.24) is 10.7 Å². The zero-order chi connectivity index (χ0) is 12.7. The lowest BCUT2D eigenvalue weighted by atomic mass is 10.3. The lowest BCUT2D eigenvalue weighted by Gasteiger charge is -2.00. The Morgan fingerprint density at radius 2 is 2.41 bits per heavy atom. The third-order valence-electron chi connectivity index (χ3n) is 1.97. The summed E-state index contributed by atoms with van der Waals surface area (Å²) in [5.74, 6) is -0.925. The number of rotatable bonds is 7. The smallest absolute Gasteiger partial charge is 0.294 e. The van der Waals surface area contributed by atoms with E-state index in [1.807, 2.05) is 0 Å². The molecule has 0 aliphatic carbocycles. The second-order valence-electron chi connectivity index (χ2n) is 3.38. The normalized spacial score (nSPS) is 11.5. The molecule has 0 aliphatic heterocycles. The Hall–Kier alpha value is -1.63. The molecule has 7 heteroatoms. The topological polar surface area (TPSA) is 101 Å². The van der Waals surface area contributed by atoms with Gasteiger partial charge in [0.05, 0.1) is 0 Å². The fraction of sp³-hybridized carbons (Fsp3) is 0.500. The number of nitrogen functional groups attached to an aromatic ring is 1. The number of carbonyl (C=O) groups is 1. The number of hydrogen-bond acceptors (Lipinski definition) is 6. The van der Waals surface area contributed by atoms with Crippen LogP contribution in [0.2, 0.25) is 0 Å². The first-order valence-electron chi connectivity index (χ1n) is 5.32. The molecule has 0 aliphatic rings. The summed E-state index contributed by atoms with van der Waals surface area (Å²) < 4.78 is 0. The van der Waals surface area contributed by atoms with Crippen molar-refractivity contribution in [2.24, 2.45) is 5.16 Å². The molecule has 0 aromatic carbocycles. The molecule has 1 aromatic heterocycles. The molecule has 1 radical (unpaired) electrons. The van der Waals surface area contributed by atoms with Gasteiger partial charge in [-0.05, 0) is 6.42 Å². The van der Waals surface area contributed by atoms with Crippen LogP contribution in [0, 0.1) is 0 Å². The Morgan fingerprint density at radius 3 is 2.94 bits per heavy atom. The van der Waals surface area contributed by atoms with Gasteiger partial charge in [-0.15, -0.1) is 11.3 Å². The lowest BCUT2D eigenvalue weighted by molar-refractivity contribution is -0.112. The third kappa shape index (κ3) is 4.39. The molecule has 1 rings (SSSR count). The molecule has 6 nitrogen and oxygen atoms in total. The van der Waals surface area contributed by atoms with Crippen LogP contribution in [0.3, 0.4) is 0 Å². The number of anilines is 1. The van der Waals surface area contributed by atoms with Crippen molar-refractivity contribution in [3.8, 4) is 0 Å². The monoisotopic (exact) mass is 255 g/mol. The number of nitrogens with two attached hydrogens (primary N) is 1. The molecule has 0 spiro atoms. The molecule has 0 saturated carbocycles. The molecule has 0 bridgehead atoms. The number of nitrogens with zero attached hydrogens (tertiary/aromatic N) is 2. The van der Waals surface area contributed by atoms with E-state index >= 15 is 0 Å². The van der Waals surface area contributed by atoms with Crippen molar-refractivity contribution in [2.75, 3.05) is 12.3 Å². The van der Waals surface area contributed by atoms with Gasteiger partial charge >= 0.3 is 0 Å². The molecular weight excluding hydrogens is 240 g/mol. The van der Waals surface area contributed by atoms with Crippen LogP contribution in [-0.2, 0) is 9.63 Å². The van der Waals surface area contributed by atoms with Crippen LogP contribution in [-0.4, -0.2) is 23.2 Å². The van der Waals surface area contributed by atoms with Gasteiger partial charge in [0.15, 0.2) is 10.8 Å². The van der Waals surface area contributed by atoms with Crippen molar-refractivity contribution >= 4 is 28.1 Å². The van der Waals surface area contributed by atoms with Gasteiger partial charge in [-0.25, -0.2) is 4.98 Å².